The number of carbonyl (C=O) groups excluding carboxylic acids is 1. The van der Waals surface area contributed by atoms with Crippen LogP contribution in [0.4, 0.5) is 0 Å². The minimum Gasteiger partial charge on any atom is -0.492 e. The van der Waals surface area contributed by atoms with E-state index >= 15 is 0 Å². The highest BCUT2D eigenvalue weighted by Crippen LogP contribution is 2.30. The largest absolute Gasteiger partial charge is 0.492 e. The quantitative estimate of drug-likeness (QED) is 0.269. The van der Waals surface area contributed by atoms with Gasteiger partial charge in [0.25, 0.3) is 0 Å². The standard InChI is InChI=1S/C14H13I2NO3/c1-3-19-13-9(6-11(15)7-12(13)16)5-10(8-17)14(18)20-4-2/h5-7H,3-4H2,1-2H3/b10-5-. The molecule has 0 bridgehead atoms. The summed E-state index contributed by atoms with van der Waals surface area (Å²) in [6.45, 7) is 4.34. The molecule has 0 aromatic heterocycles. The molecule has 6 heteroatoms. The van der Waals surface area contributed by atoms with Crippen molar-refractivity contribution in [1.29, 1.82) is 5.26 Å². The zero-order valence-corrected chi connectivity index (χ0v) is 15.4. The number of benzene rings is 1. The molecule has 0 N–H and O–H groups in total. The molecule has 4 nitrogen and oxygen atoms in total. The van der Waals surface area contributed by atoms with Crippen LogP contribution in [0.1, 0.15) is 19.4 Å². The van der Waals surface area contributed by atoms with Crippen LogP contribution < -0.4 is 4.74 Å². The minimum atomic E-state index is -0.619. The maximum absolute atomic E-state index is 11.7. The van der Waals surface area contributed by atoms with Crippen molar-refractivity contribution in [3.05, 3.63) is 30.4 Å². The fourth-order valence-electron chi connectivity index (χ4n) is 1.49. The Kier molecular flexibility index (Phi) is 7.29. The average Bonchev–Trinajstić information content (AvgIpc) is 2.39. The Morgan fingerprint density at radius 2 is 2.05 bits per heavy atom. The molecule has 0 spiro atoms. The van der Waals surface area contributed by atoms with E-state index in [-0.39, 0.29) is 12.2 Å². The van der Waals surface area contributed by atoms with Crippen LogP contribution in [0, 0.1) is 18.5 Å². The molecule has 0 unspecified atom stereocenters. The summed E-state index contributed by atoms with van der Waals surface area (Å²) in [4.78, 5) is 11.7. The molecular formula is C14H13I2NO3. The van der Waals surface area contributed by atoms with Gasteiger partial charge in [0, 0.05) is 9.13 Å². The molecule has 0 aliphatic rings. The van der Waals surface area contributed by atoms with Gasteiger partial charge in [0.2, 0.25) is 0 Å². The summed E-state index contributed by atoms with van der Waals surface area (Å²) < 4.78 is 12.4. The number of halogens is 2. The Hall–Kier alpha value is -0.820. The summed E-state index contributed by atoms with van der Waals surface area (Å²) in [7, 11) is 0. The number of carbonyl (C=O) groups is 1. The normalized spacial score (nSPS) is 10.8. The minimum absolute atomic E-state index is 0.0365. The van der Waals surface area contributed by atoms with Gasteiger partial charge >= 0.3 is 5.97 Å². The summed E-state index contributed by atoms with van der Waals surface area (Å²) >= 11 is 4.35. The zero-order valence-electron chi connectivity index (χ0n) is 11.1. The maximum atomic E-state index is 11.7. The molecule has 0 saturated heterocycles. The first-order valence-electron chi connectivity index (χ1n) is 5.94. The first-order chi connectivity index (χ1) is 9.53. The van der Waals surface area contributed by atoms with Crippen molar-refractivity contribution < 1.29 is 14.3 Å². The fourth-order valence-corrected chi connectivity index (χ4v) is 3.53. The molecule has 106 valence electrons. The number of nitriles is 1. The number of esters is 1. The van der Waals surface area contributed by atoms with Gasteiger partial charge in [-0.25, -0.2) is 4.79 Å². The predicted octanol–water partition coefficient (Wildman–Crippen LogP) is 3.76. The van der Waals surface area contributed by atoms with E-state index in [1.165, 1.54) is 6.08 Å². The lowest BCUT2D eigenvalue weighted by Gasteiger charge is -2.11. The monoisotopic (exact) mass is 497 g/mol. The molecule has 1 aromatic carbocycles. The van der Waals surface area contributed by atoms with E-state index in [9.17, 15) is 4.79 Å². The van der Waals surface area contributed by atoms with Crippen LogP contribution in [0.5, 0.6) is 5.75 Å². The van der Waals surface area contributed by atoms with Gasteiger partial charge in [-0.1, -0.05) is 0 Å². The third-order valence-corrected chi connectivity index (χ3v) is 3.67. The van der Waals surface area contributed by atoms with E-state index in [2.05, 4.69) is 45.2 Å². The molecule has 0 fully saturated rings. The van der Waals surface area contributed by atoms with Crippen LogP contribution in [0.2, 0.25) is 0 Å². The van der Waals surface area contributed by atoms with Crippen molar-refractivity contribution in [2.24, 2.45) is 0 Å². The lowest BCUT2D eigenvalue weighted by molar-refractivity contribution is -0.137. The van der Waals surface area contributed by atoms with Crippen LogP contribution in [-0.2, 0) is 9.53 Å². The van der Waals surface area contributed by atoms with E-state index in [1.54, 1.807) is 6.92 Å². The highest BCUT2D eigenvalue weighted by molar-refractivity contribution is 14.1. The van der Waals surface area contributed by atoms with E-state index in [4.69, 9.17) is 14.7 Å². The number of hydrogen-bond donors (Lipinski definition) is 0. The third-order valence-electron chi connectivity index (χ3n) is 2.24. The fraction of sp³-hybridized carbons (Fsp3) is 0.286. The molecule has 0 radical (unpaired) electrons. The Balaban J connectivity index is 3.30. The van der Waals surface area contributed by atoms with Gasteiger partial charge in [-0.3, -0.25) is 0 Å². The average molecular weight is 497 g/mol. The number of hydrogen-bond acceptors (Lipinski definition) is 4. The van der Waals surface area contributed by atoms with Crippen molar-refractivity contribution in [3.8, 4) is 11.8 Å². The molecule has 1 aromatic rings. The summed E-state index contributed by atoms with van der Waals surface area (Å²) in [5.74, 6) is 0.0527. The van der Waals surface area contributed by atoms with E-state index in [0.717, 1.165) is 7.14 Å². The second-order valence-electron chi connectivity index (χ2n) is 3.63. The van der Waals surface area contributed by atoms with Crippen molar-refractivity contribution in [1.82, 2.24) is 0 Å². The summed E-state index contributed by atoms with van der Waals surface area (Å²) in [5.41, 5.74) is 0.665. The van der Waals surface area contributed by atoms with Gasteiger partial charge in [0.15, 0.2) is 0 Å². The zero-order chi connectivity index (χ0) is 15.1. The van der Waals surface area contributed by atoms with Crippen molar-refractivity contribution in [2.75, 3.05) is 13.2 Å². The third kappa shape index (κ3) is 4.63. The first kappa shape index (κ1) is 17.2. The molecule has 0 aliphatic carbocycles. The van der Waals surface area contributed by atoms with Crippen LogP contribution in [0.15, 0.2) is 17.7 Å². The molecular weight excluding hydrogens is 484 g/mol. The second kappa shape index (κ2) is 8.46. The topological polar surface area (TPSA) is 59.3 Å². The van der Waals surface area contributed by atoms with Crippen molar-refractivity contribution in [3.63, 3.8) is 0 Å². The van der Waals surface area contributed by atoms with Crippen molar-refractivity contribution in [2.45, 2.75) is 13.8 Å². The highest BCUT2D eigenvalue weighted by atomic mass is 127. The van der Waals surface area contributed by atoms with Crippen molar-refractivity contribution >= 4 is 57.2 Å². The Bertz CT molecular complexity index is 577. The first-order valence-corrected chi connectivity index (χ1v) is 8.10. The maximum Gasteiger partial charge on any atom is 0.348 e. The molecule has 0 atom stereocenters. The van der Waals surface area contributed by atoms with Gasteiger partial charge in [-0.15, -0.1) is 0 Å². The lowest BCUT2D eigenvalue weighted by atomic mass is 10.1. The van der Waals surface area contributed by atoms with E-state index < -0.39 is 5.97 Å². The van der Waals surface area contributed by atoms with Gasteiger partial charge < -0.3 is 9.47 Å². The van der Waals surface area contributed by atoms with Crippen LogP contribution in [0.25, 0.3) is 6.08 Å². The Labute approximate surface area is 145 Å². The molecule has 0 heterocycles. The molecule has 20 heavy (non-hydrogen) atoms. The second-order valence-corrected chi connectivity index (χ2v) is 6.04. The summed E-state index contributed by atoms with van der Waals surface area (Å²) in [6, 6.07) is 5.71. The Morgan fingerprint density at radius 3 is 2.60 bits per heavy atom. The number of ether oxygens (including phenoxy) is 2. The van der Waals surface area contributed by atoms with Gasteiger partial charge in [-0.05, 0) is 77.2 Å². The van der Waals surface area contributed by atoms with Gasteiger partial charge in [0.1, 0.15) is 17.4 Å². The molecule has 1 rings (SSSR count). The lowest BCUT2D eigenvalue weighted by Crippen LogP contribution is -2.06. The highest BCUT2D eigenvalue weighted by Gasteiger charge is 2.14. The van der Waals surface area contributed by atoms with Crippen LogP contribution >= 0.6 is 45.2 Å². The SMILES string of the molecule is CCOC(=O)/C(C#N)=C\c1cc(I)cc(I)c1OCC. The van der Waals surface area contributed by atoms with Gasteiger partial charge in [0.05, 0.1) is 16.8 Å². The van der Waals surface area contributed by atoms with E-state index in [0.29, 0.717) is 17.9 Å². The Morgan fingerprint density at radius 1 is 1.35 bits per heavy atom. The molecule has 0 aliphatic heterocycles. The smallest absolute Gasteiger partial charge is 0.348 e. The number of rotatable bonds is 5. The predicted molar refractivity (Wildman–Crippen MR) is 93.3 cm³/mol. The van der Waals surface area contributed by atoms with E-state index in [1.807, 2.05) is 25.1 Å². The van der Waals surface area contributed by atoms with Crippen LogP contribution in [-0.4, -0.2) is 19.2 Å². The summed E-state index contributed by atoms with van der Waals surface area (Å²) in [6.07, 6.45) is 1.51. The summed E-state index contributed by atoms with van der Waals surface area (Å²) in [5, 5.41) is 9.08. The molecule has 0 amide bonds. The number of nitrogens with zero attached hydrogens (tertiary/aromatic N) is 1. The molecule has 0 saturated carbocycles. The van der Waals surface area contributed by atoms with Crippen LogP contribution in [0.3, 0.4) is 0 Å². The van der Waals surface area contributed by atoms with Gasteiger partial charge in [-0.2, -0.15) is 5.26 Å².